The molecule has 236 valence electrons. The summed E-state index contributed by atoms with van der Waals surface area (Å²) in [4.78, 5) is 32.5. The molecular formula is C33H41N9O3. The number of hydrogen-bond acceptors (Lipinski definition) is 11. The van der Waals surface area contributed by atoms with E-state index < -0.39 is 5.91 Å². The molecule has 3 atom stereocenters. The van der Waals surface area contributed by atoms with Crippen molar-refractivity contribution in [2.24, 2.45) is 15.7 Å². The third-order valence-corrected chi connectivity index (χ3v) is 9.45. The van der Waals surface area contributed by atoms with Gasteiger partial charge in [0.25, 0.3) is 5.91 Å². The summed E-state index contributed by atoms with van der Waals surface area (Å²) < 4.78 is 12.7. The number of carbonyl (C=O) groups is 1. The Morgan fingerprint density at radius 2 is 2.11 bits per heavy atom. The van der Waals surface area contributed by atoms with Crippen LogP contribution in [0.1, 0.15) is 67.0 Å². The van der Waals surface area contributed by atoms with Gasteiger partial charge >= 0.3 is 0 Å². The van der Waals surface area contributed by atoms with E-state index in [0.29, 0.717) is 28.9 Å². The number of hydrogen-bond donors (Lipinski definition) is 3. The number of fused-ring (bicyclic) bond motifs is 4. The van der Waals surface area contributed by atoms with Crippen molar-refractivity contribution in [3.05, 3.63) is 58.0 Å². The molecule has 1 amide bonds. The van der Waals surface area contributed by atoms with Crippen molar-refractivity contribution in [2.75, 3.05) is 33.4 Å². The molecule has 0 radical (unpaired) electrons. The van der Waals surface area contributed by atoms with Gasteiger partial charge in [0, 0.05) is 55.4 Å². The number of likely N-dealkylation sites (N-methyl/N-ethyl adjacent to an activating group) is 2. The molecule has 1 fully saturated rings. The predicted molar refractivity (Wildman–Crippen MR) is 174 cm³/mol. The molecule has 3 aliphatic rings. The number of nitrogens with zero attached hydrogens (tertiary/aromatic N) is 6. The van der Waals surface area contributed by atoms with Gasteiger partial charge in [0.15, 0.2) is 23.1 Å². The monoisotopic (exact) mass is 611 g/mol. The zero-order chi connectivity index (χ0) is 31.7. The Balaban J connectivity index is 1.42. The quantitative estimate of drug-likeness (QED) is 0.196. The lowest BCUT2D eigenvalue weighted by Crippen LogP contribution is -2.38. The van der Waals surface area contributed by atoms with Crippen molar-refractivity contribution in [1.82, 2.24) is 25.3 Å². The van der Waals surface area contributed by atoms with Gasteiger partial charge in [-0.3, -0.25) is 14.7 Å². The molecule has 45 heavy (non-hydrogen) atoms. The summed E-state index contributed by atoms with van der Waals surface area (Å²) in [6.45, 7) is 3.10. The zero-order valence-electron chi connectivity index (χ0n) is 26.3. The summed E-state index contributed by atoms with van der Waals surface area (Å²) in [6.07, 6.45) is 11.3. The van der Waals surface area contributed by atoms with Crippen LogP contribution in [0.4, 0.5) is 11.5 Å². The molecule has 1 saturated heterocycles. The van der Waals surface area contributed by atoms with Crippen molar-refractivity contribution in [3.63, 3.8) is 0 Å². The van der Waals surface area contributed by atoms with Gasteiger partial charge in [-0.25, -0.2) is 9.98 Å². The first-order chi connectivity index (χ1) is 21.8. The molecule has 2 aromatic heterocycles. The van der Waals surface area contributed by atoms with Crippen LogP contribution in [0.3, 0.4) is 0 Å². The van der Waals surface area contributed by atoms with Crippen molar-refractivity contribution in [1.29, 1.82) is 0 Å². The third kappa shape index (κ3) is 5.58. The molecule has 5 N–H and O–H groups in total. The summed E-state index contributed by atoms with van der Waals surface area (Å²) in [7, 11) is 5.40. The van der Waals surface area contributed by atoms with Gasteiger partial charge < -0.3 is 26.0 Å². The molecule has 1 spiro atoms. The smallest absolute Gasteiger partial charge is 0.266 e. The summed E-state index contributed by atoms with van der Waals surface area (Å²) >= 11 is 0. The Morgan fingerprint density at radius 1 is 1.27 bits per heavy atom. The van der Waals surface area contributed by atoms with Crippen LogP contribution < -0.4 is 21.5 Å². The van der Waals surface area contributed by atoms with Crippen molar-refractivity contribution < 1.29 is 14.1 Å². The number of anilines is 1. The average Bonchev–Trinajstić information content (AvgIpc) is 3.76. The topological polar surface area (TPSA) is 170 Å². The van der Waals surface area contributed by atoms with Crippen LogP contribution in [0.2, 0.25) is 0 Å². The highest BCUT2D eigenvalue weighted by Gasteiger charge is 2.49. The molecule has 6 rings (SSSR count). The number of likely N-dealkylation sites (tertiary alicyclic amines) is 1. The lowest BCUT2D eigenvalue weighted by Gasteiger charge is -2.33. The second-order valence-electron chi connectivity index (χ2n) is 12.1. The third-order valence-electron chi connectivity index (χ3n) is 9.45. The van der Waals surface area contributed by atoms with E-state index in [1.54, 1.807) is 13.1 Å². The number of benzene rings is 1. The lowest BCUT2D eigenvalue weighted by atomic mass is 9.68. The number of nitrogens with one attached hydrogen (secondary N) is 1. The molecule has 12 nitrogen and oxygen atoms in total. The standard InChI is InChI=1S/C33H41N9O3/c1-19(25-8-6-16-42(25)4)44-27-17-26(38-15-12-24(35)32(43)37-3)39-31(40-27)29-21-7-5-13-33(30(21)45-41-29)14-11-20-9-10-23(34)22(18-36-2)28(20)33/h9-10,12,15,17-19,25H,5-8,11,13-14,16,34-35H2,1-4H3,(H,37,43). The van der Waals surface area contributed by atoms with E-state index in [-0.39, 0.29) is 23.3 Å². The number of nitrogens with two attached hydrogens (primary N) is 2. The van der Waals surface area contributed by atoms with E-state index >= 15 is 0 Å². The SMILES string of the molecule is CN=Cc1c(N)ccc2c1C1(CCCc3c(-c4nc(N=CC=C(N)C(=O)NC)cc(OC(C)C5CCCN5C)n4)noc31)CC2. The second kappa shape index (κ2) is 12.4. The molecule has 12 heteroatoms. The first-order valence-corrected chi connectivity index (χ1v) is 15.6. The number of rotatable bonds is 8. The highest BCUT2D eigenvalue weighted by molar-refractivity contribution is 5.96. The van der Waals surface area contributed by atoms with Crippen molar-refractivity contribution in [3.8, 4) is 17.4 Å². The summed E-state index contributed by atoms with van der Waals surface area (Å²) in [5.41, 5.74) is 17.7. The minimum atomic E-state index is -0.393. The summed E-state index contributed by atoms with van der Waals surface area (Å²) in [5, 5.41) is 7.08. The minimum absolute atomic E-state index is 0.0331. The fraction of sp³-hybridized carbons (Fsp3) is 0.455. The van der Waals surface area contributed by atoms with E-state index in [2.05, 4.69) is 45.4 Å². The Kier molecular flexibility index (Phi) is 8.41. The van der Waals surface area contributed by atoms with Crippen LogP contribution in [0, 0.1) is 0 Å². The second-order valence-corrected chi connectivity index (χ2v) is 12.1. The molecular weight excluding hydrogens is 570 g/mol. The van der Waals surface area contributed by atoms with E-state index in [1.807, 2.05) is 12.3 Å². The number of amides is 1. The van der Waals surface area contributed by atoms with Crippen LogP contribution in [0.5, 0.6) is 5.88 Å². The number of aliphatic imine (C=N–C) groups is 2. The molecule has 0 saturated carbocycles. The highest BCUT2D eigenvalue weighted by Crippen LogP contribution is 2.54. The Hall–Kier alpha value is -4.58. The fourth-order valence-electron chi connectivity index (χ4n) is 7.30. The maximum Gasteiger partial charge on any atom is 0.266 e. The molecule has 1 aliphatic heterocycles. The predicted octanol–water partition coefficient (Wildman–Crippen LogP) is 3.48. The number of aryl methyl sites for hydroxylation is 1. The Labute approximate surface area is 263 Å². The normalized spacial score (nSPS) is 22.3. The van der Waals surface area contributed by atoms with Gasteiger partial charge in [-0.05, 0) is 88.7 Å². The van der Waals surface area contributed by atoms with Gasteiger partial charge in [0.05, 0.1) is 11.1 Å². The molecule has 1 aromatic carbocycles. The minimum Gasteiger partial charge on any atom is -0.473 e. The summed E-state index contributed by atoms with van der Waals surface area (Å²) in [5.74, 6) is 1.57. The molecule has 3 heterocycles. The first-order valence-electron chi connectivity index (χ1n) is 15.6. The number of carbonyl (C=O) groups excluding carboxylic acids is 1. The lowest BCUT2D eigenvalue weighted by molar-refractivity contribution is -0.117. The average molecular weight is 612 g/mol. The summed E-state index contributed by atoms with van der Waals surface area (Å²) in [6, 6.07) is 6.06. The van der Waals surface area contributed by atoms with Crippen LogP contribution in [-0.4, -0.2) is 78.2 Å². The van der Waals surface area contributed by atoms with Crippen molar-refractivity contribution in [2.45, 2.75) is 69.4 Å². The maximum absolute atomic E-state index is 11.8. The van der Waals surface area contributed by atoms with Gasteiger partial charge in [0.2, 0.25) is 5.88 Å². The van der Waals surface area contributed by atoms with Gasteiger partial charge in [-0.2, -0.15) is 4.98 Å². The number of ether oxygens (including phenoxy) is 1. The van der Waals surface area contributed by atoms with Crippen LogP contribution in [-0.2, 0) is 23.1 Å². The van der Waals surface area contributed by atoms with Crippen molar-refractivity contribution >= 4 is 29.8 Å². The zero-order valence-corrected chi connectivity index (χ0v) is 26.3. The number of allylic oxidation sites excluding steroid dienone is 1. The molecule has 2 aliphatic carbocycles. The molecule has 3 unspecified atom stereocenters. The van der Waals surface area contributed by atoms with Gasteiger partial charge in [-0.15, -0.1) is 0 Å². The van der Waals surface area contributed by atoms with Gasteiger partial charge in [-0.1, -0.05) is 11.2 Å². The Bertz CT molecular complexity index is 1690. The number of nitrogen functional groups attached to an aromatic ring is 1. The number of aromatic nitrogens is 3. The largest absolute Gasteiger partial charge is 0.473 e. The highest BCUT2D eigenvalue weighted by atomic mass is 16.5. The van der Waals surface area contributed by atoms with E-state index in [0.717, 1.165) is 68.4 Å². The Morgan fingerprint density at radius 3 is 2.87 bits per heavy atom. The van der Waals surface area contributed by atoms with Gasteiger partial charge in [0.1, 0.15) is 6.10 Å². The molecule has 3 aromatic rings. The molecule has 0 bridgehead atoms. The maximum atomic E-state index is 11.8. The first kappa shape index (κ1) is 30.4. The van der Waals surface area contributed by atoms with Crippen LogP contribution >= 0.6 is 0 Å². The van der Waals surface area contributed by atoms with E-state index in [4.69, 9.17) is 30.7 Å². The van der Waals surface area contributed by atoms with Crippen LogP contribution in [0.15, 0.2) is 44.5 Å². The fourth-order valence-corrected chi connectivity index (χ4v) is 7.30. The van der Waals surface area contributed by atoms with E-state index in [9.17, 15) is 4.79 Å². The van der Waals surface area contributed by atoms with E-state index in [1.165, 1.54) is 30.5 Å². The van der Waals surface area contributed by atoms with Crippen LogP contribution in [0.25, 0.3) is 11.5 Å².